The van der Waals surface area contributed by atoms with Gasteiger partial charge in [0.15, 0.2) is 11.9 Å². The minimum absolute atomic E-state index is 0.0501. The van der Waals surface area contributed by atoms with Gasteiger partial charge in [0.25, 0.3) is 0 Å². The number of Topliss-reactive ketones (excluding diaryl/α,β-unsaturated/α-hetero) is 1. The van der Waals surface area contributed by atoms with E-state index in [2.05, 4.69) is 0 Å². The van der Waals surface area contributed by atoms with E-state index in [1.807, 2.05) is 0 Å². The zero-order valence-electron chi connectivity index (χ0n) is 9.54. The van der Waals surface area contributed by atoms with E-state index in [4.69, 9.17) is 4.74 Å². The first-order valence-electron chi connectivity index (χ1n) is 5.21. The molecule has 1 rings (SSSR count). The molecule has 0 bridgehead atoms. The molecular formula is C12H13F3O2. The quantitative estimate of drug-likeness (QED) is 0.813. The Balaban J connectivity index is 2.83. The van der Waals surface area contributed by atoms with Crippen LogP contribution in [0.1, 0.15) is 25.8 Å². The van der Waals surface area contributed by atoms with Gasteiger partial charge >= 0.3 is 6.18 Å². The second kappa shape index (κ2) is 5.21. The van der Waals surface area contributed by atoms with Crippen molar-refractivity contribution in [1.82, 2.24) is 0 Å². The second-order valence-electron chi connectivity index (χ2n) is 3.61. The smallest absolute Gasteiger partial charge is 0.416 e. The highest BCUT2D eigenvalue weighted by Crippen LogP contribution is 2.31. The normalized spacial score (nSPS) is 13.2. The van der Waals surface area contributed by atoms with E-state index in [1.165, 1.54) is 19.1 Å². The molecule has 2 nitrogen and oxygen atoms in total. The number of rotatable bonds is 4. The van der Waals surface area contributed by atoms with Crippen molar-refractivity contribution >= 4 is 5.78 Å². The SMILES string of the molecule is CCC(=O)C(C)Oc1cccc(C(F)(F)F)c1. The Labute approximate surface area is 97.4 Å². The molecule has 0 N–H and O–H groups in total. The van der Waals surface area contributed by atoms with Gasteiger partial charge in [-0.2, -0.15) is 13.2 Å². The summed E-state index contributed by atoms with van der Waals surface area (Å²) in [6.45, 7) is 3.19. The summed E-state index contributed by atoms with van der Waals surface area (Å²) in [5.41, 5.74) is -0.786. The summed E-state index contributed by atoms with van der Waals surface area (Å²) < 4.78 is 42.4. The van der Waals surface area contributed by atoms with Crippen LogP contribution in [0.5, 0.6) is 5.75 Å². The molecule has 0 aliphatic carbocycles. The average Bonchev–Trinajstić information content (AvgIpc) is 2.27. The molecule has 0 aliphatic heterocycles. The van der Waals surface area contributed by atoms with E-state index < -0.39 is 17.8 Å². The lowest BCUT2D eigenvalue weighted by atomic mass is 10.2. The highest BCUT2D eigenvalue weighted by Gasteiger charge is 2.30. The van der Waals surface area contributed by atoms with Crippen molar-refractivity contribution < 1.29 is 22.7 Å². The highest BCUT2D eigenvalue weighted by atomic mass is 19.4. The Kier molecular flexibility index (Phi) is 4.15. The molecule has 1 atom stereocenters. The number of carbonyl (C=O) groups is 1. The van der Waals surface area contributed by atoms with E-state index in [0.717, 1.165) is 12.1 Å². The first-order chi connectivity index (χ1) is 7.84. The molecule has 1 unspecified atom stereocenters. The lowest BCUT2D eigenvalue weighted by molar-refractivity contribution is -0.137. The lowest BCUT2D eigenvalue weighted by Gasteiger charge is -2.14. The summed E-state index contributed by atoms with van der Waals surface area (Å²) in [4.78, 5) is 11.3. The zero-order valence-corrected chi connectivity index (χ0v) is 9.54. The third kappa shape index (κ3) is 3.76. The van der Waals surface area contributed by atoms with Crippen LogP contribution in [0.2, 0.25) is 0 Å². The standard InChI is InChI=1S/C12H13F3O2/c1-3-11(16)8(2)17-10-6-4-5-9(7-10)12(13,14)15/h4-8H,3H2,1-2H3. The number of hydrogen-bond acceptors (Lipinski definition) is 2. The molecule has 5 heteroatoms. The molecule has 1 aromatic rings. The maximum absolute atomic E-state index is 12.4. The molecule has 0 radical (unpaired) electrons. The van der Waals surface area contributed by atoms with Crippen LogP contribution in [0.4, 0.5) is 13.2 Å². The molecule has 0 spiro atoms. The fourth-order valence-electron chi connectivity index (χ4n) is 1.30. The predicted octanol–water partition coefficient (Wildman–Crippen LogP) is 3.45. The van der Waals surface area contributed by atoms with Crippen LogP contribution in [-0.2, 0) is 11.0 Å². The Morgan fingerprint density at radius 3 is 2.59 bits per heavy atom. The molecule has 1 aromatic carbocycles. The molecular weight excluding hydrogens is 233 g/mol. The van der Waals surface area contributed by atoms with Gasteiger partial charge in [-0.05, 0) is 25.1 Å². The number of ether oxygens (including phenoxy) is 1. The van der Waals surface area contributed by atoms with Crippen molar-refractivity contribution in [2.75, 3.05) is 0 Å². The van der Waals surface area contributed by atoms with Crippen LogP contribution in [0.3, 0.4) is 0 Å². The number of benzene rings is 1. The summed E-state index contributed by atoms with van der Waals surface area (Å²) >= 11 is 0. The topological polar surface area (TPSA) is 26.3 Å². The van der Waals surface area contributed by atoms with E-state index in [-0.39, 0.29) is 11.5 Å². The summed E-state index contributed by atoms with van der Waals surface area (Å²) in [7, 11) is 0. The van der Waals surface area contributed by atoms with Gasteiger partial charge in [-0.15, -0.1) is 0 Å². The number of alkyl halides is 3. The highest BCUT2D eigenvalue weighted by molar-refractivity contribution is 5.82. The largest absolute Gasteiger partial charge is 0.483 e. The maximum atomic E-state index is 12.4. The summed E-state index contributed by atoms with van der Waals surface area (Å²) in [6, 6.07) is 4.49. The molecule has 0 saturated carbocycles. The first kappa shape index (κ1) is 13.5. The minimum Gasteiger partial charge on any atom is -0.483 e. The van der Waals surface area contributed by atoms with E-state index in [9.17, 15) is 18.0 Å². The first-order valence-corrected chi connectivity index (χ1v) is 5.21. The fourth-order valence-corrected chi connectivity index (χ4v) is 1.30. The molecule has 17 heavy (non-hydrogen) atoms. The van der Waals surface area contributed by atoms with Gasteiger partial charge in [-0.1, -0.05) is 13.0 Å². The number of halogens is 3. The van der Waals surface area contributed by atoms with Crippen LogP contribution in [0.25, 0.3) is 0 Å². The van der Waals surface area contributed by atoms with Crippen LogP contribution in [0, 0.1) is 0 Å². The molecule has 0 amide bonds. The van der Waals surface area contributed by atoms with Crippen molar-refractivity contribution in [3.8, 4) is 5.75 Å². The summed E-state index contributed by atoms with van der Waals surface area (Å²) in [6.07, 6.45) is -4.85. The van der Waals surface area contributed by atoms with Crippen molar-refractivity contribution in [2.24, 2.45) is 0 Å². The maximum Gasteiger partial charge on any atom is 0.416 e. The van der Waals surface area contributed by atoms with Crippen LogP contribution in [-0.4, -0.2) is 11.9 Å². The van der Waals surface area contributed by atoms with Gasteiger partial charge in [-0.3, -0.25) is 4.79 Å². The van der Waals surface area contributed by atoms with Gasteiger partial charge in [0, 0.05) is 6.42 Å². The molecule has 0 heterocycles. The van der Waals surface area contributed by atoms with Gasteiger partial charge in [0.1, 0.15) is 5.75 Å². The van der Waals surface area contributed by atoms with Crippen molar-refractivity contribution in [3.05, 3.63) is 29.8 Å². The number of hydrogen-bond donors (Lipinski definition) is 0. The second-order valence-corrected chi connectivity index (χ2v) is 3.61. The van der Waals surface area contributed by atoms with Gasteiger partial charge in [-0.25, -0.2) is 0 Å². The third-order valence-electron chi connectivity index (χ3n) is 2.28. The third-order valence-corrected chi connectivity index (χ3v) is 2.28. The molecule has 0 saturated heterocycles. The average molecular weight is 246 g/mol. The molecule has 0 aliphatic rings. The van der Waals surface area contributed by atoms with Crippen molar-refractivity contribution in [1.29, 1.82) is 0 Å². The number of ketones is 1. The monoisotopic (exact) mass is 246 g/mol. The van der Waals surface area contributed by atoms with Crippen molar-refractivity contribution in [3.63, 3.8) is 0 Å². The fraction of sp³-hybridized carbons (Fsp3) is 0.417. The van der Waals surface area contributed by atoms with Crippen LogP contribution < -0.4 is 4.74 Å². The summed E-state index contributed by atoms with van der Waals surface area (Å²) in [5.74, 6) is -0.100. The Bertz CT molecular complexity index is 399. The number of carbonyl (C=O) groups excluding carboxylic acids is 1. The Morgan fingerprint density at radius 1 is 1.41 bits per heavy atom. The van der Waals surface area contributed by atoms with Crippen LogP contribution >= 0.6 is 0 Å². The van der Waals surface area contributed by atoms with E-state index in [0.29, 0.717) is 6.42 Å². The van der Waals surface area contributed by atoms with Gasteiger partial charge in [0.2, 0.25) is 0 Å². The minimum atomic E-state index is -4.41. The molecule has 0 aromatic heterocycles. The summed E-state index contributed by atoms with van der Waals surface area (Å²) in [5, 5.41) is 0. The van der Waals surface area contributed by atoms with E-state index >= 15 is 0 Å². The lowest BCUT2D eigenvalue weighted by Crippen LogP contribution is -2.22. The van der Waals surface area contributed by atoms with Crippen LogP contribution in [0.15, 0.2) is 24.3 Å². The Morgan fingerprint density at radius 2 is 2.06 bits per heavy atom. The predicted molar refractivity (Wildman–Crippen MR) is 56.8 cm³/mol. The molecule has 0 fully saturated rings. The molecule has 94 valence electrons. The van der Waals surface area contributed by atoms with Gasteiger partial charge in [0.05, 0.1) is 5.56 Å². The van der Waals surface area contributed by atoms with E-state index in [1.54, 1.807) is 6.92 Å². The van der Waals surface area contributed by atoms with Crippen molar-refractivity contribution in [2.45, 2.75) is 32.5 Å². The Hall–Kier alpha value is -1.52. The zero-order chi connectivity index (χ0) is 13.1. The van der Waals surface area contributed by atoms with Gasteiger partial charge < -0.3 is 4.74 Å².